The van der Waals surface area contributed by atoms with Gasteiger partial charge in [-0.15, -0.1) is 24.0 Å². The van der Waals surface area contributed by atoms with E-state index in [1.165, 1.54) is 0 Å². The van der Waals surface area contributed by atoms with Gasteiger partial charge in [-0.3, -0.25) is 9.79 Å². The summed E-state index contributed by atoms with van der Waals surface area (Å²) in [7, 11) is 3.41. The maximum absolute atomic E-state index is 12.1. The monoisotopic (exact) mass is 496 g/mol. The quantitative estimate of drug-likeness (QED) is 0.235. The second kappa shape index (κ2) is 12.3. The highest BCUT2D eigenvalue weighted by Crippen LogP contribution is 2.20. The fraction of sp³-hybridized carbons (Fsp3) is 0.556. The molecule has 1 unspecified atom stereocenters. The van der Waals surface area contributed by atoms with Gasteiger partial charge in [-0.05, 0) is 17.5 Å². The van der Waals surface area contributed by atoms with Gasteiger partial charge >= 0.3 is 0 Å². The summed E-state index contributed by atoms with van der Waals surface area (Å²) in [6.07, 6.45) is 0.0611. The fourth-order valence-corrected chi connectivity index (χ4v) is 2.47. The van der Waals surface area contributed by atoms with Crippen molar-refractivity contribution in [2.45, 2.75) is 26.9 Å². The molecule has 1 amide bonds. The first-order valence-corrected chi connectivity index (χ1v) is 8.67. The molecule has 1 aromatic rings. The number of carbonyl (C=O) groups is 1. The lowest BCUT2D eigenvalue weighted by Crippen LogP contribution is -2.46. The fourth-order valence-electron chi connectivity index (χ4n) is 2.25. The summed E-state index contributed by atoms with van der Waals surface area (Å²) in [5.74, 6) is 0.473. The smallest absolute Gasteiger partial charge is 0.252 e. The molecule has 1 rings (SSSR count). The summed E-state index contributed by atoms with van der Waals surface area (Å²) in [5.41, 5.74) is 0.503. The van der Waals surface area contributed by atoms with Gasteiger partial charge in [0.2, 0.25) is 0 Å². The molecule has 1 aromatic carbocycles. The van der Waals surface area contributed by atoms with E-state index in [9.17, 15) is 4.79 Å². The van der Waals surface area contributed by atoms with E-state index in [2.05, 4.69) is 41.7 Å². The summed E-state index contributed by atoms with van der Waals surface area (Å²) in [6, 6.07) is 6.97. The van der Waals surface area contributed by atoms with Crippen LogP contribution in [-0.4, -0.2) is 51.8 Å². The maximum atomic E-state index is 12.1. The zero-order valence-corrected chi connectivity index (χ0v) is 19.1. The number of methoxy groups -OCH3 is 1. The summed E-state index contributed by atoms with van der Waals surface area (Å²) < 4.78 is 5.51. The lowest BCUT2D eigenvalue weighted by atomic mass is 9.89. The van der Waals surface area contributed by atoms with Crippen molar-refractivity contribution < 1.29 is 9.53 Å². The highest BCUT2D eigenvalue weighted by molar-refractivity contribution is 14.0. The van der Waals surface area contributed by atoms with Crippen LogP contribution in [0, 0.1) is 5.41 Å². The van der Waals surface area contributed by atoms with Crippen LogP contribution in [-0.2, 0) is 4.74 Å². The highest BCUT2D eigenvalue weighted by atomic mass is 127. The van der Waals surface area contributed by atoms with Gasteiger partial charge in [-0.1, -0.05) is 44.5 Å². The Morgan fingerprint density at radius 2 is 1.81 bits per heavy atom. The largest absolute Gasteiger partial charge is 0.379 e. The minimum absolute atomic E-state index is 0. The van der Waals surface area contributed by atoms with E-state index in [1.54, 1.807) is 38.4 Å². The number of halogens is 2. The van der Waals surface area contributed by atoms with Crippen molar-refractivity contribution in [2.24, 2.45) is 10.4 Å². The van der Waals surface area contributed by atoms with Crippen LogP contribution in [0.2, 0.25) is 5.02 Å². The minimum atomic E-state index is -0.192. The molecule has 0 heterocycles. The van der Waals surface area contributed by atoms with Crippen molar-refractivity contribution in [3.05, 3.63) is 34.9 Å². The number of carbonyl (C=O) groups excluding carboxylic acids is 1. The normalized spacial score (nSPS) is 12.8. The molecule has 0 aromatic heterocycles. The first kappa shape index (κ1) is 24.9. The number of hydrogen-bond acceptors (Lipinski definition) is 3. The Labute approximate surface area is 178 Å². The molecule has 0 aliphatic carbocycles. The molecule has 3 N–H and O–H groups in total. The molecule has 0 bridgehead atoms. The molecule has 0 saturated carbocycles. The molecular formula is C18H30ClIN4O2. The second-order valence-corrected chi connectivity index (χ2v) is 7.11. The van der Waals surface area contributed by atoms with Crippen LogP contribution >= 0.6 is 35.6 Å². The van der Waals surface area contributed by atoms with E-state index >= 15 is 0 Å². The number of aliphatic imine (C=N–C) groups is 1. The number of amides is 1. The van der Waals surface area contributed by atoms with Crippen LogP contribution in [0.15, 0.2) is 29.3 Å². The molecule has 8 heteroatoms. The average molecular weight is 497 g/mol. The first-order valence-electron chi connectivity index (χ1n) is 8.29. The number of hydrogen-bond donors (Lipinski definition) is 3. The molecule has 0 aliphatic rings. The van der Waals surface area contributed by atoms with E-state index in [1.807, 2.05) is 0 Å². The molecule has 0 spiro atoms. The number of ether oxygens (including phenoxy) is 1. The van der Waals surface area contributed by atoms with Crippen LogP contribution in [0.5, 0.6) is 0 Å². The molecule has 1 atom stereocenters. The predicted octanol–water partition coefficient (Wildman–Crippen LogP) is 2.91. The third-order valence-electron chi connectivity index (χ3n) is 3.75. The van der Waals surface area contributed by atoms with Crippen LogP contribution in [0.25, 0.3) is 0 Å². The van der Waals surface area contributed by atoms with Crippen molar-refractivity contribution >= 4 is 47.4 Å². The van der Waals surface area contributed by atoms with Gasteiger partial charge < -0.3 is 20.7 Å². The Bertz CT molecular complexity index is 591. The molecule has 148 valence electrons. The third kappa shape index (κ3) is 8.55. The zero-order valence-electron chi connectivity index (χ0n) is 16.1. The highest BCUT2D eigenvalue weighted by Gasteiger charge is 2.24. The Morgan fingerprint density at radius 1 is 1.19 bits per heavy atom. The molecular weight excluding hydrogens is 467 g/mol. The second-order valence-electron chi connectivity index (χ2n) is 6.71. The molecule has 26 heavy (non-hydrogen) atoms. The average Bonchev–Trinajstić information content (AvgIpc) is 2.56. The van der Waals surface area contributed by atoms with Crippen LogP contribution in [0.3, 0.4) is 0 Å². The maximum Gasteiger partial charge on any atom is 0.252 e. The number of benzene rings is 1. The zero-order chi connectivity index (χ0) is 18.9. The van der Waals surface area contributed by atoms with Gasteiger partial charge in [0.25, 0.3) is 5.91 Å². The van der Waals surface area contributed by atoms with E-state index in [0.717, 1.165) is 0 Å². The summed E-state index contributed by atoms with van der Waals surface area (Å²) >= 11 is 6.01. The third-order valence-corrected chi connectivity index (χ3v) is 4.08. The van der Waals surface area contributed by atoms with Crippen LogP contribution < -0.4 is 16.0 Å². The van der Waals surface area contributed by atoms with Crippen molar-refractivity contribution in [3.63, 3.8) is 0 Å². The lowest BCUT2D eigenvalue weighted by Gasteiger charge is -2.30. The lowest BCUT2D eigenvalue weighted by molar-refractivity contribution is 0.0205. The topological polar surface area (TPSA) is 74.8 Å². The number of rotatable bonds is 7. The molecule has 0 saturated heterocycles. The van der Waals surface area contributed by atoms with Gasteiger partial charge in [-0.25, -0.2) is 0 Å². The van der Waals surface area contributed by atoms with E-state index in [-0.39, 0.29) is 41.4 Å². The van der Waals surface area contributed by atoms with Crippen molar-refractivity contribution in [2.75, 3.05) is 33.8 Å². The molecule has 6 nitrogen and oxygen atoms in total. The summed E-state index contributed by atoms with van der Waals surface area (Å²) in [4.78, 5) is 16.2. The van der Waals surface area contributed by atoms with Gasteiger partial charge in [0.1, 0.15) is 0 Å². The Morgan fingerprint density at radius 3 is 2.35 bits per heavy atom. The Hall–Kier alpha value is -1.06. The van der Waals surface area contributed by atoms with Crippen LogP contribution in [0.1, 0.15) is 31.1 Å². The van der Waals surface area contributed by atoms with Gasteiger partial charge in [0.05, 0.1) is 16.7 Å². The Kier molecular flexibility index (Phi) is 11.8. The minimum Gasteiger partial charge on any atom is -0.379 e. The van der Waals surface area contributed by atoms with Gasteiger partial charge in [0.15, 0.2) is 5.96 Å². The van der Waals surface area contributed by atoms with Gasteiger partial charge in [0, 0.05) is 33.8 Å². The molecule has 0 radical (unpaired) electrons. The number of guanidine groups is 1. The summed E-state index contributed by atoms with van der Waals surface area (Å²) in [6.45, 7) is 8.03. The van der Waals surface area contributed by atoms with E-state index < -0.39 is 0 Å². The first-order chi connectivity index (χ1) is 11.8. The molecule has 0 fully saturated rings. The van der Waals surface area contributed by atoms with Crippen molar-refractivity contribution in [3.8, 4) is 0 Å². The molecule has 0 aliphatic heterocycles. The Balaban J connectivity index is 0.00000625. The van der Waals surface area contributed by atoms with Crippen LogP contribution in [0.4, 0.5) is 0 Å². The van der Waals surface area contributed by atoms with E-state index in [0.29, 0.717) is 36.2 Å². The number of nitrogens with zero attached hydrogens (tertiary/aromatic N) is 1. The summed E-state index contributed by atoms with van der Waals surface area (Å²) in [5, 5.41) is 9.66. The predicted molar refractivity (Wildman–Crippen MR) is 119 cm³/mol. The van der Waals surface area contributed by atoms with Gasteiger partial charge in [-0.2, -0.15) is 0 Å². The van der Waals surface area contributed by atoms with Crippen molar-refractivity contribution in [1.82, 2.24) is 16.0 Å². The van der Waals surface area contributed by atoms with Crippen molar-refractivity contribution in [1.29, 1.82) is 0 Å². The standard InChI is InChI=1S/C18H29ClN4O2.HI/c1-18(2,3)15(25-5)12-23-17(20-4)22-11-10-21-16(24)13-8-6-7-9-14(13)19;/h6-9,15H,10-12H2,1-5H3,(H,21,24)(H2,20,22,23);1H. The number of nitrogens with one attached hydrogen (secondary N) is 3. The SMILES string of the molecule is CN=C(NCCNC(=O)c1ccccc1Cl)NCC(OC)C(C)(C)C.I. The van der Waals surface area contributed by atoms with E-state index in [4.69, 9.17) is 16.3 Å².